The zero-order valence-corrected chi connectivity index (χ0v) is 12.1. The van der Waals surface area contributed by atoms with Crippen LogP contribution in [0.2, 0.25) is 0 Å². The van der Waals surface area contributed by atoms with Gasteiger partial charge in [-0.15, -0.1) is 0 Å². The molecule has 2 rings (SSSR count). The van der Waals surface area contributed by atoms with Gasteiger partial charge >= 0.3 is 5.97 Å². The van der Waals surface area contributed by atoms with Gasteiger partial charge in [0, 0.05) is 12.1 Å². The van der Waals surface area contributed by atoms with Crippen LogP contribution in [0.15, 0.2) is 54.6 Å². The molecule has 0 amide bonds. The van der Waals surface area contributed by atoms with E-state index >= 15 is 0 Å². The van der Waals surface area contributed by atoms with Gasteiger partial charge in [-0.2, -0.15) is 0 Å². The lowest BCUT2D eigenvalue weighted by Crippen LogP contribution is -2.46. The van der Waals surface area contributed by atoms with Crippen LogP contribution in [0.1, 0.15) is 12.5 Å². The highest BCUT2D eigenvalue weighted by Crippen LogP contribution is 2.22. The average molecular weight is 287 g/mol. The standard InChI is InChI=1S/C17H18FNO2/c1-17(16(20)21-2,19-15-9-4-3-5-10-15)12-13-7-6-8-14(18)11-13/h3-11,19H,12H2,1-2H3. The van der Waals surface area contributed by atoms with Crippen molar-refractivity contribution >= 4 is 11.7 Å². The molecule has 0 bridgehead atoms. The molecule has 21 heavy (non-hydrogen) atoms. The predicted molar refractivity (Wildman–Crippen MR) is 80.6 cm³/mol. The number of nitrogens with one attached hydrogen (secondary N) is 1. The Kier molecular flexibility index (Phi) is 4.58. The first-order valence-corrected chi connectivity index (χ1v) is 6.69. The Hall–Kier alpha value is -2.36. The van der Waals surface area contributed by atoms with Gasteiger partial charge in [0.25, 0.3) is 0 Å². The van der Waals surface area contributed by atoms with E-state index in [1.807, 2.05) is 30.3 Å². The third kappa shape index (κ3) is 3.81. The molecule has 0 heterocycles. The number of carbonyl (C=O) groups excluding carboxylic acids is 1. The van der Waals surface area contributed by atoms with Gasteiger partial charge in [-0.25, -0.2) is 9.18 Å². The molecule has 2 aromatic rings. The summed E-state index contributed by atoms with van der Waals surface area (Å²) in [6.45, 7) is 1.75. The third-order valence-electron chi connectivity index (χ3n) is 3.28. The Labute approximate surface area is 123 Å². The molecule has 0 saturated heterocycles. The number of ether oxygens (including phenoxy) is 1. The minimum atomic E-state index is -0.968. The molecule has 3 nitrogen and oxygen atoms in total. The summed E-state index contributed by atoms with van der Waals surface area (Å²) in [5, 5.41) is 3.18. The minimum Gasteiger partial charge on any atom is -0.467 e. The summed E-state index contributed by atoms with van der Waals surface area (Å²) in [5.74, 6) is -0.713. The van der Waals surface area contributed by atoms with Crippen LogP contribution in [0.5, 0.6) is 0 Å². The molecule has 0 aromatic heterocycles. The lowest BCUT2D eigenvalue weighted by molar-refractivity contribution is -0.145. The summed E-state index contributed by atoms with van der Waals surface area (Å²) in [5.41, 5.74) is 0.567. The summed E-state index contributed by atoms with van der Waals surface area (Å²) in [7, 11) is 1.35. The van der Waals surface area contributed by atoms with E-state index in [4.69, 9.17) is 4.74 Å². The van der Waals surface area contributed by atoms with Crippen molar-refractivity contribution in [1.82, 2.24) is 0 Å². The quantitative estimate of drug-likeness (QED) is 0.856. The lowest BCUT2D eigenvalue weighted by atomic mass is 9.92. The van der Waals surface area contributed by atoms with Crippen LogP contribution in [0.25, 0.3) is 0 Å². The maximum absolute atomic E-state index is 13.3. The van der Waals surface area contributed by atoms with E-state index in [1.54, 1.807) is 19.1 Å². The summed E-state index contributed by atoms with van der Waals surface area (Å²) < 4.78 is 18.2. The van der Waals surface area contributed by atoms with E-state index in [0.717, 1.165) is 11.3 Å². The molecule has 110 valence electrons. The van der Waals surface area contributed by atoms with Crippen LogP contribution in [0, 0.1) is 5.82 Å². The zero-order chi connectivity index (χ0) is 15.3. The lowest BCUT2D eigenvalue weighted by Gasteiger charge is -2.29. The maximum Gasteiger partial charge on any atom is 0.331 e. The molecule has 1 N–H and O–H groups in total. The third-order valence-corrected chi connectivity index (χ3v) is 3.28. The fourth-order valence-corrected chi connectivity index (χ4v) is 2.29. The van der Waals surface area contributed by atoms with Crippen molar-refractivity contribution in [1.29, 1.82) is 0 Å². The molecule has 2 aromatic carbocycles. The monoisotopic (exact) mass is 287 g/mol. The first kappa shape index (κ1) is 15.0. The normalized spacial score (nSPS) is 13.3. The maximum atomic E-state index is 13.3. The van der Waals surface area contributed by atoms with Gasteiger partial charge in [-0.1, -0.05) is 30.3 Å². The summed E-state index contributed by atoms with van der Waals surface area (Å²) in [6.07, 6.45) is 0.326. The van der Waals surface area contributed by atoms with Crippen LogP contribution in [-0.4, -0.2) is 18.6 Å². The van der Waals surface area contributed by atoms with E-state index in [9.17, 15) is 9.18 Å². The Morgan fingerprint density at radius 2 is 1.90 bits per heavy atom. The van der Waals surface area contributed by atoms with E-state index in [2.05, 4.69) is 5.32 Å². The van der Waals surface area contributed by atoms with E-state index in [-0.39, 0.29) is 5.82 Å². The number of hydrogen-bond acceptors (Lipinski definition) is 3. The highest BCUT2D eigenvalue weighted by atomic mass is 19.1. The molecule has 0 aliphatic heterocycles. The van der Waals surface area contributed by atoms with Gasteiger partial charge in [0.2, 0.25) is 0 Å². The molecule has 0 spiro atoms. The van der Waals surface area contributed by atoms with Crippen LogP contribution in [0.4, 0.5) is 10.1 Å². The number of methoxy groups -OCH3 is 1. The van der Waals surface area contributed by atoms with Gasteiger partial charge in [-0.3, -0.25) is 0 Å². The molecule has 0 saturated carbocycles. The average Bonchev–Trinajstić information content (AvgIpc) is 2.47. The highest BCUT2D eigenvalue weighted by Gasteiger charge is 2.34. The summed E-state index contributed by atoms with van der Waals surface area (Å²) >= 11 is 0. The van der Waals surface area contributed by atoms with E-state index < -0.39 is 11.5 Å². The first-order valence-electron chi connectivity index (χ1n) is 6.69. The summed E-state index contributed by atoms with van der Waals surface area (Å²) in [6, 6.07) is 15.6. The number of rotatable bonds is 5. The Bertz CT molecular complexity index is 615. The van der Waals surface area contributed by atoms with Gasteiger partial charge in [0.15, 0.2) is 0 Å². The van der Waals surface area contributed by atoms with Crippen LogP contribution in [-0.2, 0) is 16.0 Å². The number of para-hydroxylation sites is 1. The van der Waals surface area contributed by atoms with Crippen molar-refractivity contribution < 1.29 is 13.9 Å². The predicted octanol–water partition coefficient (Wildman–Crippen LogP) is 3.41. The molecule has 4 heteroatoms. The van der Waals surface area contributed by atoms with E-state index in [1.165, 1.54) is 19.2 Å². The molecule has 0 radical (unpaired) electrons. The van der Waals surface area contributed by atoms with Gasteiger partial charge < -0.3 is 10.1 Å². The molecule has 0 aliphatic rings. The highest BCUT2D eigenvalue weighted by molar-refractivity contribution is 5.84. The Morgan fingerprint density at radius 3 is 2.52 bits per heavy atom. The SMILES string of the molecule is COC(=O)C(C)(Cc1cccc(F)c1)Nc1ccccc1. The fourth-order valence-electron chi connectivity index (χ4n) is 2.29. The second-order valence-corrected chi connectivity index (χ2v) is 5.12. The fraction of sp³-hybridized carbons (Fsp3) is 0.235. The Balaban J connectivity index is 2.27. The number of anilines is 1. The number of hydrogen-bond donors (Lipinski definition) is 1. The Morgan fingerprint density at radius 1 is 1.19 bits per heavy atom. The minimum absolute atomic E-state index is 0.320. The van der Waals surface area contributed by atoms with Crippen LogP contribution < -0.4 is 5.32 Å². The van der Waals surface area contributed by atoms with Gasteiger partial charge in [0.1, 0.15) is 11.4 Å². The number of carbonyl (C=O) groups is 1. The van der Waals surface area contributed by atoms with Crippen molar-refractivity contribution in [2.45, 2.75) is 18.9 Å². The van der Waals surface area contributed by atoms with Gasteiger partial charge in [-0.05, 0) is 36.8 Å². The largest absolute Gasteiger partial charge is 0.467 e. The molecule has 0 fully saturated rings. The van der Waals surface area contributed by atoms with Gasteiger partial charge in [0.05, 0.1) is 7.11 Å². The molecule has 1 atom stereocenters. The number of esters is 1. The second kappa shape index (κ2) is 6.39. The van der Waals surface area contributed by atoms with Crippen molar-refractivity contribution in [3.8, 4) is 0 Å². The van der Waals surface area contributed by atoms with Crippen molar-refractivity contribution in [3.63, 3.8) is 0 Å². The second-order valence-electron chi connectivity index (χ2n) is 5.12. The molecular weight excluding hydrogens is 269 g/mol. The van der Waals surface area contributed by atoms with Crippen LogP contribution >= 0.6 is 0 Å². The molecule has 0 aliphatic carbocycles. The van der Waals surface area contributed by atoms with Crippen molar-refractivity contribution in [3.05, 3.63) is 66.0 Å². The first-order chi connectivity index (χ1) is 10.0. The smallest absolute Gasteiger partial charge is 0.331 e. The van der Waals surface area contributed by atoms with Crippen molar-refractivity contribution in [2.75, 3.05) is 12.4 Å². The van der Waals surface area contributed by atoms with E-state index in [0.29, 0.717) is 6.42 Å². The van der Waals surface area contributed by atoms with Crippen molar-refractivity contribution in [2.24, 2.45) is 0 Å². The summed E-state index contributed by atoms with van der Waals surface area (Å²) in [4.78, 5) is 12.1. The zero-order valence-electron chi connectivity index (χ0n) is 12.1. The van der Waals surface area contributed by atoms with Crippen LogP contribution in [0.3, 0.4) is 0 Å². The number of halogens is 1. The topological polar surface area (TPSA) is 38.3 Å². The number of benzene rings is 2. The molecular formula is C17H18FNO2. The molecule has 1 unspecified atom stereocenters.